The van der Waals surface area contributed by atoms with E-state index in [1.165, 1.54) is 11.1 Å². The SMILES string of the molecule is c1ccc(C2CN(c3ncnc4c3CCNC4)CCO2)cc1. The zero-order valence-electron chi connectivity index (χ0n) is 12.5. The van der Waals surface area contributed by atoms with Crippen LogP contribution in [0.2, 0.25) is 0 Å². The fourth-order valence-electron chi connectivity index (χ4n) is 3.25. The van der Waals surface area contributed by atoms with Gasteiger partial charge in [0, 0.05) is 25.2 Å². The second kappa shape index (κ2) is 6.02. The normalized spacial score (nSPS) is 21.5. The maximum Gasteiger partial charge on any atom is 0.135 e. The van der Waals surface area contributed by atoms with E-state index >= 15 is 0 Å². The number of anilines is 1. The van der Waals surface area contributed by atoms with Gasteiger partial charge in [0.1, 0.15) is 18.2 Å². The highest BCUT2D eigenvalue weighted by Crippen LogP contribution is 2.28. The summed E-state index contributed by atoms with van der Waals surface area (Å²) < 4.78 is 5.96. The summed E-state index contributed by atoms with van der Waals surface area (Å²) in [5.74, 6) is 1.09. The Balaban J connectivity index is 1.61. The number of hydrogen-bond donors (Lipinski definition) is 1. The summed E-state index contributed by atoms with van der Waals surface area (Å²) in [7, 11) is 0. The van der Waals surface area contributed by atoms with Gasteiger partial charge in [-0.3, -0.25) is 0 Å². The molecule has 2 aromatic rings. The Morgan fingerprint density at radius 3 is 3.00 bits per heavy atom. The molecule has 1 unspecified atom stereocenters. The minimum Gasteiger partial charge on any atom is -0.370 e. The molecule has 1 N–H and O–H groups in total. The summed E-state index contributed by atoms with van der Waals surface area (Å²) in [6.07, 6.45) is 2.80. The van der Waals surface area contributed by atoms with E-state index in [1.54, 1.807) is 6.33 Å². The number of fused-ring (bicyclic) bond motifs is 1. The van der Waals surface area contributed by atoms with Gasteiger partial charge in [0.05, 0.1) is 12.3 Å². The number of hydrogen-bond acceptors (Lipinski definition) is 5. The van der Waals surface area contributed by atoms with Crippen molar-refractivity contribution in [1.29, 1.82) is 0 Å². The van der Waals surface area contributed by atoms with Crippen molar-refractivity contribution in [3.63, 3.8) is 0 Å². The third kappa shape index (κ3) is 2.58. The predicted octanol–water partition coefficient (Wildman–Crippen LogP) is 1.70. The average Bonchev–Trinajstić information content (AvgIpc) is 2.62. The summed E-state index contributed by atoms with van der Waals surface area (Å²) in [5.41, 5.74) is 3.67. The molecule has 0 amide bonds. The molecular weight excluding hydrogens is 276 g/mol. The Morgan fingerprint density at radius 2 is 2.09 bits per heavy atom. The molecule has 4 rings (SSSR count). The molecule has 3 heterocycles. The summed E-state index contributed by atoms with van der Waals surface area (Å²) in [5, 5.41) is 3.37. The number of nitrogens with one attached hydrogen (secondary N) is 1. The van der Waals surface area contributed by atoms with Crippen molar-refractivity contribution < 1.29 is 4.74 Å². The van der Waals surface area contributed by atoms with Gasteiger partial charge in [-0.1, -0.05) is 30.3 Å². The van der Waals surface area contributed by atoms with Crippen molar-refractivity contribution in [2.75, 3.05) is 31.1 Å². The van der Waals surface area contributed by atoms with Crippen LogP contribution in [0.5, 0.6) is 0 Å². The van der Waals surface area contributed by atoms with Gasteiger partial charge < -0.3 is 15.0 Å². The number of morpholine rings is 1. The molecule has 114 valence electrons. The maximum atomic E-state index is 5.96. The monoisotopic (exact) mass is 296 g/mol. The van der Waals surface area contributed by atoms with Crippen LogP contribution in [0.1, 0.15) is 22.9 Å². The molecule has 2 aliphatic rings. The Morgan fingerprint density at radius 1 is 1.18 bits per heavy atom. The molecule has 0 bridgehead atoms. The van der Waals surface area contributed by atoms with Gasteiger partial charge in [-0.15, -0.1) is 0 Å². The Kier molecular flexibility index (Phi) is 3.74. The van der Waals surface area contributed by atoms with E-state index in [9.17, 15) is 0 Å². The van der Waals surface area contributed by atoms with Crippen LogP contribution < -0.4 is 10.2 Å². The molecular formula is C17H20N4O. The fraction of sp³-hybridized carbons (Fsp3) is 0.412. The molecule has 0 spiro atoms. The van der Waals surface area contributed by atoms with Gasteiger partial charge in [0.15, 0.2) is 0 Å². The topological polar surface area (TPSA) is 50.3 Å². The lowest BCUT2D eigenvalue weighted by Gasteiger charge is -2.35. The van der Waals surface area contributed by atoms with E-state index < -0.39 is 0 Å². The van der Waals surface area contributed by atoms with Crippen LogP contribution in [-0.2, 0) is 17.7 Å². The van der Waals surface area contributed by atoms with Crippen LogP contribution in [-0.4, -0.2) is 36.2 Å². The van der Waals surface area contributed by atoms with E-state index in [0.717, 1.165) is 50.7 Å². The van der Waals surface area contributed by atoms with Crippen LogP contribution in [0.15, 0.2) is 36.7 Å². The highest BCUT2D eigenvalue weighted by Gasteiger charge is 2.26. The van der Waals surface area contributed by atoms with Gasteiger partial charge >= 0.3 is 0 Å². The third-order valence-corrected chi connectivity index (χ3v) is 4.39. The molecule has 5 heteroatoms. The number of ether oxygens (including phenoxy) is 1. The first-order valence-corrected chi connectivity index (χ1v) is 7.87. The number of rotatable bonds is 2. The lowest BCUT2D eigenvalue weighted by Crippen LogP contribution is -2.40. The molecule has 1 aromatic heterocycles. The lowest BCUT2D eigenvalue weighted by molar-refractivity contribution is 0.0394. The predicted molar refractivity (Wildman–Crippen MR) is 84.8 cm³/mol. The van der Waals surface area contributed by atoms with E-state index in [0.29, 0.717) is 0 Å². The fourth-order valence-corrected chi connectivity index (χ4v) is 3.25. The van der Waals surface area contributed by atoms with Gasteiger partial charge in [0.2, 0.25) is 0 Å². The smallest absolute Gasteiger partial charge is 0.135 e. The third-order valence-electron chi connectivity index (χ3n) is 4.39. The van der Waals surface area contributed by atoms with Crippen molar-refractivity contribution in [3.05, 3.63) is 53.5 Å². The second-order valence-corrected chi connectivity index (χ2v) is 5.77. The Hall–Kier alpha value is -1.98. The number of benzene rings is 1. The summed E-state index contributed by atoms with van der Waals surface area (Å²) in [6.45, 7) is 4.31. The highest BCUT2D eigenvalue weighted by molar-refractivity contribution is 5.50. The van der Waals surface area contributed by atoms with Crippen molar-refractivity contribution in [1.82, 2.24) is 15.3 Å². The van der Waals surface area contributed by atoms with Gasteiger partial charge in [-0.05, 0) is 18.5 Å². The number of nitrogens with zero attached hydrogens (tertiary/aromatic N) is 3. The molecule has 1 saturated heterocycles. The van der Waals surface area contributed by atoms with Crippen LogP contribution in [0.25, 0.3) is 0 Å². The molecule has 2 aliphatic heterocycles. The first-order valence-electron chi connectivity index (χ1n) is 7.87. The molecule has 22 heavy (non-hydrogen) atoms. The van der Waals surface area contributed by atoms with E-state index in [4.69, 9.17) is 4.74 Å². The van der Waals surface area contributed by atoms with Crippen molar-refractivity contribution in [3.8, 4) is 0 Å². The zero-order valence-corrected chi connectivity index (χ0v) is 12.5. The van der Waals surface area contributed by atoms with Gasteiger partial charge in [0.25, 0.3) is 0 Å². The number of aromatic nitrogens is 2. The van der Waals surface area contributed by atoms with Crippen LogP contribution in [0.3, 0.4) is 0 Å². The minimum atomic E-state index is 0.113. The molecule has 0 aliphatic carbocycles. The first kappa shape index (κ1) is 13.7. The Labute approximate surface area is 130 Å². The van der Waals surface area contributed by atoms with Crippen LogP contribution in [0, 0.1) is 0 Å². The van der Waals surface area contributed by atoms with E-state index in [1.807, 2.05) is 6.07 Å². The molecule has 5 nitrogen and oxygen atoms in total. The molecule has 1 fully saturated rings. The van der Waals surface area contributed by atoms with Crippen LogP contribution in [0.4, 0.5) is 5.82 Å². The first-order chi connectivity index (χ1) is 10.9. The van der Waals surface area contributed by atoms with Gasteiger partial charge in [-0.25, -0.2) is 9.97 Å². The van der Waals surface area contributed by atoms with Crippen LogP contribution >= 0.6 is 0 Å². The average molecular weight is 296 g/mol. The minimum absolute atomic E-state index is 0.113. The van der Waals surface area contributed by atoms with Gasteiger partial charge in [-0.2, -0.15) is 0 Å². The quantitative estimate of drug-likeness (QED) is 0.914. The molecule has 1 aromatic carbocycles. The molecule has 0 saturated carbocycles. The van der Waals surface area contributed by atoms with Crippen molar-refractivity contribution >= 4 is 5.82 Å². The van der Waals surface area contributed by atoms with E-state index in [-0.39, 0.29) is 6.10 Å². The summed E-state index contributed by atoms with van der Waals surface area (Å²) in [4.78, 5) is 11.3. The Bertz CT molecular complexity index is 646. The second-order valence-electron chi connectivity index (χ2n) is 5.77. The summed E-state index contributed by atoms with van der Waals surface area (Å²) >= 11 is 0. The lowest BCUT2D eigenvalue weighted by atomic mass is 10.0. The standard InChI is InChI=1S/C17H20N4O/c1-2-4-13(5-3-1)16-11-21(8-9-22-16)17-14-6-7-18-10-15(14)19-12-20-17/h1-5,12,16,18H,6-11H2. The van der Waals surface area contributed by atoms with Crippen molar-refractivity contribution in [2.24, 2.45) is 0 Å². The van der Waals surface area contributed by atoms with E-state index in [2.05, 4.69) is 44.5 Å². The zero-order chi connectivity index (χ0) is 14.8. The maximum absolute atomic E-state index is 5.96. The largest absolute Gasteiger partial charge is 0.370 e. The molecule has 0 radical (unpaired) electrons. The summed E-state index contributed by atoms with van der Waals surface area (Å²) in [6, 6.07) is 10.4. The van der Waals surface area contributed by atoms with Crippen molar-refractivity contribution in [2.45, 2.75) is 19.1 Å². The molecule has 1 atom stereocenters. The highest BCUT2D eigenvalue weighted by atomic mass is 16.5.